The maximum atomic E-state index is 12.6. The third kappa shape index (κ3) is 3.26. The van der Waals surface area contributed by atoms with Crippen molar-refractivity contribution in [3.63, 3.8) is 0 Å². The van der Waals surface area contributed by atoms with Crippen LogP contribution in [0, 0.1) is 6.92 Å². The van der Waals surface area contributed by atoms with Gasteiger partial charge in [0.1, 0.15) is 5.56 Å². The fourth-order valence-corrected chi connectivity index (χ4v) is 2.21. The van der Waals surface area contributed by atoms with Gasteiger partial charge in [-0.3, -0.25) is 9.36 Å². The lowest BCUT2D eigenvalue weighted by Gasteiger charge is -2.15. The molecule has 0 atom stereocenters. The largest absolute Gasteiger partial charge is 0.462 e. The first-order valence-electron chi connectivity index (χ1n) is 7.49. The summed E-state index contributed by atoms with van der Waals surface area (Å²) >= 11 is 0. The zero-order chi connectivity index (χ0) is 17.1. The molecule has 0 aliphatic rings. The second-order valence-electron chi connectivity index (χ2n) is 5.52. The van der Waals surface area contributed by atoms with Crippen molar-refractivity contribution in [3.8, 4) is 5.69 Å². The molecule has 0 N–H and O–H groups in total. The second-order valence-corrected chi connectivity index (χ2v) is 5.52. The van der Waals surface area contributed by atoms with Gasteiger partial charge in [0.15, 0.2) is 0 Å². The normalized spacial score (nSPS) is 10.8. The number of aromatic nitrogens is 2. The molecule has 0 fully saturated rings. The summed E-state index contributed by atoms with van der Waals surface area (Å²) in [4.78, 5) is 37.3. The molecular formula is C17H20N2O4. The number of ether oxygens (including phenoxy) is 1. The van der Waals surface area contributed by atoms with Gasteiger partial charge in [0.25, 0.3) is 5.56 Å². The summed E-state index contributed by atoms with van der Waals surface area (Å²) in [5.41, 5.74) is 0.121. The maximum Gasteiger partial charge on any atom is 0.345 e. The zero-order valence-electron chi connectivity index (χ0n) is 13.7. The molecule has 0 radical (unpaired) electrons. The Hall–Kier alpha value is -2.63. The highest BCUT2D eigenvalue weighted by atomic mass is 16.5. The number of carbonyl (C=O) groups is 1. The van der Waals surface area contributed by atoms with Gasteiger partial charge in [-0.25, -0.2) is 14.2 Å². The number of esters is 1. The quantitative estimate of drug-likeness (QED) is 0.810. The standard InChI is InChI=1S/C17H20N2O4/c1-5-23-16(21)14-10-18(11(2)3)17(22)19(15(14)20)13-8-6-12(4)7-9-13/h6-11H,5H2,1-4H3. The number of nitrogens with zero attached hydrogens (tertiary/aromatic N) is 2. The summed E-state index contributed by atoms with van der Waals surface area (Å²) in [6.45, 7) is 7.34. The van der Waals surface area contributed by atoms with Crippen LogP contribution >= 0.6 is 0 Å². The molecule has 6 nitrogen and oxygen atoms in total. The minimum absolute atomic E-state index is 0.152. The number of hydrogen-bond acceptors (Lipinski definition) is 4. The Balaban J connectivity index is 2.79. The highest BCUT2D eigenvalue weighted by molar-refractivity contribution is 5.88. The summed E-state index contributed by atoms with van der Waals surface area (Å²) in [6.07, 6.45) is 1.28. The molecule has 122 valence electrons. The van der Waals surface area contributed by atoms with Crippen LogP contribution in [0.4, 0.5) is 0 Å². The van der Waals surface area contributed by atoms with Crippen molar-refractivity contribution in [2.75, 3.05) is 6.61 Å². The molecule has 0 spiro atoms. The molecule has 0 aliphatic heterocycles. The molecule has 2 aromatic rings. The van der Waals surface area contributed by atoms with Gasteiger partial charge in [0, 0.05) is 12.2 Å². The number of carbonyl (C=O) groups excluding carboxylic acids is 1. The molecule has 1 aromatic heterocycles. The first-order valence-corrected chi connectivity index (χ1v) is 7.49. The first kappa shape index (κ1) is 16.7. The zero-order valence-corrected chi connectivity index (χ0v) is 13.7. The third-order valence-electron chi connectivity index (χ3n) is 3.46. The minimum Gasteiger partial charge on any atom is -0.462 e. The van der Waals surface area contributed by atoms with Crippen molar-refractivity contribution >= 4 is 5.97 Å². The topological polar surface area (TPSA) is 70.3 Å². The first-order chi connectivity index (χ1) is 10.9. The summed E-state index contributed by atoms with van der Waals surface area (Å²) in [5.74, 6) is -0.729. The van der Waals surface area contributed by atoms with E-state index in [1.807, 2.05) is 6.92 Å². The Morgan fingerprint density at radius 1 is 1.17 bits per heavy atom. The van der Waals surface area contributed by atoms with Crippen LogP contribution in [0.1, 0.15) is 42.7 Å². The van der Waals surface area contributed by atoms with Gasteiger partial charge in [-0.2, -0.15) is 0 Å². The van der Waals surface area contributed by atoms with Crippen molar-refractivity contribution in [1.82, 2.24) is 9.13 Å². The Morgan fingerprint density at radius 2 is 1.78 bits per heavy atom. The lowest BCUT2D eigenvalue weighted by atomic mass is 10.2. The van der Waals surface area contributed by atoms with E-state index >= 15 is 0 Å². The van der Waals surface area contributed by atoms with Crippen molar-refractivity contribution in [2.24, 2.45) is 0 Å². The van der Waals surface area contributed by atoms with Crippen LogP contribution in [0.5, 0.6) is 0 Å². The Morgan fingerprint density at radius 3 is 2.30 bits per heavy atom. The predicted octanol–water partition coefficient (Wildman–Crippen LogP) is 2.07. The van der Waals surface area contributed by atoms with E-state index in [-0.39, 0.29) is 18.2 Å². The molecule has 1 heterocycles. The highest BCUT2D eigenvalue weighted by Gasteiger charge is 2.20. The SMILES string of the molecule is CCOC(=O)c1cn(C(C)C)c(=O)n(-c2ccc(C)cc2)c1=O. The summed E-state index contributed by atoms with van der Waals surface area (Å²) in [7, 11) is 0. The fraction of sp³-hybridized carbons (Fsp3) is 0.353. The molecule has 2 rings (SSSR count). The lowest BCUT2D eigenvalue weighted by molar-refractivity contribution is 0.0522. The van der Waals surface area contributed by atoms with Crippen LogP contribution in [0.15, 0.2) is 40.1 Å². The minimum atomic E-state index is -0.729. The van der Waals surface area contributed by atoms with Crippen LogP contribution in [0.25, 0.3) is 5.69 Å². The van der Waals surface area contributed by atoms with Crippen molar-refractivity contribution in [1.29, 1.82) is 0 Å². The van der Waals surface area contributed by atoms with Crippen LogP contribution < -0.4 is 11.2 Å². The molecule has 0 saturated carbocycles. The van der Waals surface area contributed by atoms with Gasteiger partial charge in [-0.15, -0.1) is 0 Å². The van der Waals surface area contributed by atoms with Crippen LogP contribution in [-0.4, -0.2) is 21.7 Å². The van der Waals surface area contributed by atoms with E-state index in [1.54, 1.807) is 45.0 Å². The van der Waals surface area contributed by atoms with E-state index in [2.05, 4.69) is 0 Å². The highest BCUT2D eigenvalue weighted by Crippen LogP contribution is 2.08. The van der Waals surface area contributed by atoms with Crippen LogP contribution in [0.2, 0.25) is 0 Å². The number of hydrogen-bond donors (Lipinski definition) is 0. The van der Waals surface area contributed by atoms with Gasteiger partial charge < -0.3 is 4.74 Å². The average molecular weight is 316 g/mol. The van der Waals surface area contributed by atoms with E-state index in [9.17, 15) is 14.4 Å². The maximum absolute atomic E-state index is 12.6. The van der Waals surface area contributed by atoms with E-state index in [0.717, 1.165) is 10.1 Å². The van der Waals surface area contributed by atoms with E-state index in [1.165, 1.54) is 10.8 Å². The van der Waals surface area contributed by atoms with Gasteiger partial charge >= 0.3 is 11.7 Å². The van der Waals surface area contributed by atoms with Gasteiger partial charge in [-0.1, -0.05) is 17.7 Å². The Labute approximate surface area is 134 Å². The summed E-state index contributed by atoms with van der Waals surface area (Å²) < 4.78 is 7.29. The molecular weight excluding hydrogens is 296 g/mol. The number of rotatable bonds is 4. The van der Waals surface area contributed by atoms with Crippen molar-refractivity contribution in [2.45, 2.75) is 33.7 Å². The van der Waals surface area contributed by atoms with Crippen LogP contribution in [0.3, 0.4) is 0 Å². The molecule has 0 bridgehead atoms. The summed E-state index contributed by atoms with van der Waals surface area (Å²) in [6, 6.07) is 6.76. The lowest BCUT2D eigenvalue weighted by Crippen LogP contribution is -2.42. The molecule has 0 amide bonds. The Bertz CT molecular complexity index is 829. The number of benzene rings is 1. The molecule has 1 aromatic carbocycles. The van der Waals surface area contributed by atoms with Crippen molar-refractivity contribution in [3.05, 3.63) is 62.4 Å². The van der Waals surface area contributed by atoms with E-state index < -0.39 is 17.2 Å². The molecule has 0 unspecified atom stereocenters. The third-order valence-corrected chi connectivity index (χ3v) is 3.46. The van der Waals surface area contributed by atoms with Crippen LogP contribution in [-0.2, 0) is 4.74 Å². The molecule has 0 aliphatic carbocycles. The monoisotopic (exact) mass is 316 g/mol. The van der Waals surface area contributed by atoms with Gasteiger partial charge in [0.05, 0.1) is 12.3 Å². The van der Waals surface area contributed by atoms with Gasteiger partial charge in [-0.05, 0) is 39.8 Å². The smallest absolute Gasteiger partial charge is 0.345 e. The predicted molar refractivity (Wildman–Crippen MR) is 87.4 cm³/mol. The fourth-order valence-electron chi connectivity index (χ4n) is 2.21. The Kier molecular flexibility index (Phi) is 4.83. The van der Waals surface area contributed by atoms with E-state index in [4.69, 9.17) is 4.74 Å². The van der Waals surface area contributed by atoms with Crippen molar-refractivity contribution < 1.29 is 9.53 Å². The second kappa shape index (κ2) is 6.64. The molecule has 0 saturated heterocycles. The van der Waals surface area contributed by atoms with E-state index in [0.29, 0.717) is 5.69 Å². The number of aryl methyl sites for hydroxylation is 1. The van der Waals surface area contributed by atoms with Gasteiger partial charge in [0.2, 0.25) is 0 Å². The molecule has 6 heteroatoms. The summed E-state index contributed by atoms with van der Waals surface area (Å²) in [5, 5.41) is 0. The molecule has 23 heavy (non-hydrogen) atoms. The average Bonchev–Trinajstić information content (AvgIpc) is 2.49.